The van der Waals surface area contributed by atoms with Crippen LogP contribution in [0.2, 0.25) is 10.0 Å². The Hall–Kier alpha value is -1.86. The highest BCUT2D eigenvalue weighted by Gasteiger charge is 2.00. The van der Waals surface area contributed by atoms with Crippen LogP contribution in [-0.2, 0) is 0 Å². The lowest BCUT2D eigenvalue weighted by Crippen LogP contribution is -2.01. The van der Waals surface area contributed by atoms with Crippen molar-refractivity contribution in [3.05, 3.63) is 46.4 Å². The predicted molar refractivity (Wildman–Crippen MR) is 91.4 cm³/mol. The summed E-state index contributed by atoms with van der Waals surface area (Å²) in [5, 5.41) is 35.4. The van der Waals surface area contributed by atoms with Crippen molar-refractivity contribution in [2.45, 2.75) is 0 Å². The fraction of sp³-hybridized carbons (Fsp3) is 0.250. The molecule has 24 heavy (non-hydrogen) atoms. The smallest absolute Gasteiger partial charge is 0.134 e. The van der Waals surface area contributed by atoms with Crippen LogP contribution in [-0.4, -0.2) is 46.9 Å². The van der Waals surface area contributed by atoms with Crippen LogP contribution >= 0.6 is 23.2 Å². The van der Waals surface area contributed by atoms with Crippen molar-refractivity contribution in [3.63, 3.8) is 0 Å². The minimum Gasteiger partial charge on any atom is -0.506 e. The summed E-state index contributed by atoms with van der Waals surface area (Å²) in [6.45, 7) is 0.360. The van der Waals surface area contributed by atoms with Gasteiger partial charge in [0.2, 0.25) is 0 Å². The monoisotopic (exact) mass is 376 g/mol. The molecule has 0 saturated carbocycles. The lowest BCUT2D eigenvalue weighted by molar-refractivity contribution is 0.201. The molecule has 2 aromatic carbocycles. The standard InChI is InChI=1S/2C8H9ClO3/c2*9-7-5-6(12-4-3-10)1-2-8(7)11/h2*1-2,5,10-11H,3-4H2. The highest BCUT2D eigenvalue weighted by molar-refractivity contribution is 6.32. The second kappa shape index (κ2) is 10.8. The molecule has 8 heteroatoms. The summed E-state index contributed by atoms with van der Waals surface area (Å²) in [5.41, 5.74) is 0. The van der Waals surface area contributed by atoms with Gasteiger partial charge in [0.05, 0.1) is 23.3 Å². The third-order valence-corrected chi connectivity index (χ3v) is 3.16. The Morgan fingerprint density at radius 1 is 0.708 bits per heavy atom. The summed E-state index contributed by atoms with van der Waals surface area (Å²) in [6, 6.07) is 9.02. The van der Waals surface area contributed by atoms with Crippen molar-refractivity contribution in [1.29, 1.82) is 0 Å². The molecule has 4 N–H and O–H groups in total. The van der Waals surface area contributed by atoms with Crippen LogP contribution in [0, 0.1) is 0 Å². The second-order valence-electron chi connectivity index (χ2n) is 4.37. The molecule has 0 spiro atoms. The third kappa shape index (κ3) is 7.14. The van der Waals surface area contributed by atoms with Crippen LogP contribution in [0.15, 0.2) is 36.4 Å². The molecule has 2 aromatic rings. The van der Waals surface area contributed by atoms with E-state index in [-0.39, 0.29) is 48.0 Å². The Morgan fingerprint density at radius 3 is 1.38 bits per heavy atom. The van der Waals surface area contributed by atoms with Crippen molar-refractivity contribution in [1.82, 2.24) is 0 Å². The average Bonchev–Trinajstić information content (AvgIpc) is 2.57. The maximum atomic E-state index is 9.03. The number of aliphatic hydroxyl groups is 2. The maximum absolute atomic E-state index is 9.03. The number of hydrogen-bond donors (Lipinski definition) is 4. The topological polar surface area (TPSA) is 99.4 Å². The van der Waals surface area contributed by atoms with Crippen molar-refractivity contribution in [2.24, 2.45) is 0 Å². The van der Waals surface area contributed by atoms with Crippen molar-refractivity contribution >= 4 is 23.2 Å². The summed E-state index contributed by atoms with van der Waals surface area (Å²) in [7, 11) is 0. The van der Waals surface area contributed by atoms with Gasteiger partial charge >= 0.3 is 0 Å². The van der Waals surface area contributed by atoms with E-state index < -0.39 is 0 Å². The number of hydrogen-bond acceptors (Lipinski definition) is 6. The van der Waals surface area contributed by atoms with Gasteiger partial charge in [-0.05, 0) is 24.3 Å². The van der Waals surface area contributed by atoms with Crippen molar-refractivity contribution in [2.75, 3.05) is 26.4 Å². The minimum absolute atomic E-state index is 0.0213. The van der Waals surface area contributed by atoms with Gasteiger partial charge in [0.15, 0.2) is 0 Å². The first-order valence-electron chi connectivity index (χ1n) is 6.92. The average molecular weight is 377 g/mol. The Kier molecular flexibility index (Phi) is 9.11. The van der Waals surface area contributed by atoms with E-state index in [4.69, 9.17) is 53.1 Å². The zero-order valence-corrected chi connectivity index (χ0v) is 14.2. The van der Waals surface area contributed by atoms with Gasteiger partial charge in [-0.25, -0.2) is 0 Å². The summed E-state index contributed by atoms with van der Waals surface area (Å²) >= 11 is 11.2. The summed E-state index contributed by atoms with van der Waals surface area (Å²) in [6.07, 6.45) is 0. The van der Waals surface area contributed by atoms with Gasteiger partial charge in [0.25, 0.3) is 0 Å². The third-order valence-electron chi connectivity index (χ3n) is 2.56. The number of phenols is 2. The highest BCUT2D eigenvalue weighted by atomic mass is 35.5. The van der Waals surface area contributed by atoms with E-state index in [1.54, 1.807) is 12.1 Å². The lowest BCUT2D eigenvalue weighted by Gasteiger charge is -2.04. The Bertz CT molecular complexity index is 580. The molecule has 0 heterocycles. The molecular formula is C16H18Cl2O6. The van der Waals surface area contributed by atoms with Crippen LogP contribution in [0.5, 0.6) is 23.0 Å². The van der Waals surface area contributed by atoms with E-state index in [1.807, 2.05) is 0 Å². The number of aromatic hydroxyl groups is 2. The van der Waals surface area contributed by atoms with Crippen LogP contribution in [0.25, 0.3) is 0 Å². The van der Waals surface area contributed by atoms with Gasteiger partial charge in [-0.2, -0.15) is 0 Å². The van der Waals surface area contributed by atoms with E-state index in [2.05, 4.69) is 0 Å². The number of phenolic OH excluding ortho intramolecular Hbond substituents is 2. The Morgan fingerprint density at radius 2 is 1.08 bits per heavy atom. The quantitative estimate of drug-likeness (QED) is 0.618. The molecule has 0 saturated heterocycles. The molecule has 2 rings (SSSR count). The molecule has 0 radical (unpaired) electrons. The van der Waals surface area contributed by atoms with Gasteiger partial charge in [0, 0.05) is 12.1 Å². The molecule has 6 nitrogen and oxygen atoms in total. The summed E-state index contributed by atoms with van der Waals surface area (Å²) in [5.74, 6) is 1.11. The molecule has 0 aliphatic rings. The zero-order chi connectivity index (χ0) is 17.9. The molecule has 0 aromatic heterocycles. The second-order valence-corrected chi connectivity index (χ2v) is 5.18. The van der Waals surface area contributed by atoms with E-state index >= 15 is 0 Å². The van der Waals surface area contributed by atoms with Gasteiger partial charge in [-0.1, -0.05) is 23.2 Å². The number of benzene rings is 2. The summed E-state index contributed by atoms with van der Waals surface area (Å²) in [4.78, 5) is 0. The van der Waals surface area contributed by atoms with Crippen LogP contribution < -0.4 is 9.47 Å². The molecule has 132 valence electrons. The zero-order valence-electron chi connectivity index (χ0n) is 12.7. The van der Waals surface area contributed by atoms with E-state index in [0.29, 0.717) is 11.5 Å². The number of rotatable bonds is 6. The summed E-state index contributed by atoms with van der Waals surface area (Å²) < 4.78 is 10.1. The van der Waals surface area contributed by atoms with Crippen LogP contribution in [0.4, 0.5) is 0 Å². The highest BCUT2D eigenvalue weighted by Crippen LogP contribution is 2.27. The van der Waals surface area contributed by atoms with E-state index in [1.165, 1.54) is 24.3 Å². The maximum Gasteiger partial charge on any atom is 0.134 e. The van der Waals surface area contributed by atoms with Crippen LogP contribution in [0.1, 0.15) is 0 Å². The first-order chi connectivity index (χ1) is 11.5. The molecule has 0 aliphatic carbocycles. The lowest BCUT2D eigenvalue weighted by atomic mass is 10.3. The van der Waals surface area contributed by atoms with Gasteiger partial charge in [-0.15, -0.1) is 0 Å². The first kappa shape index (κ1) is 20.2. The Labute approximate surface area is 149 Å². The molecule has 0 unspecified atom stereocenters. The predicted octanol–water partition coefficient (Wildman–Crippen LogP) is 2.83. The SMILES string of the molecule is OCCOc1ccc(O)c(Cl)c1.OCCOc1ccc(O)c(Cl)c1. The largest absolute Gasteiger partial charge is 0.506 e. The molecule has 0 amide bonds. The van der Waals surface area contributed by atoms with Crippen molar-refractivity contribution < 1.29 is 29.9 Å². The Balaban J connectivity index is 0.000000240. The van der Waals surface area contributed by atoms with Gasteiger partial charge < -0.3 is 29.9 Å². The van der Waals surface area contributed by atoms with Crippen molar-refractivity contribution in [3.8, 4) is 23.0 Å². The number of aliphatic hydroxyl groups excluding tert-OH is 2. The fourth-order valence-electron chi connectivity index (χ4n) is 1.48. The molecule has 0 bridgehead atoms. The normalized spacial score (nSPS) is 9.83. The van der Waals surface area contributed by atoms with E-state index in [9.17, 15) is 0 Å². The van der Waals surface area contributed by atoms with E-state index in [0.717, 1.165) is 0 Å². The van der Waals surface area contributed by atoms with Crippen LogP contribution in [0.3, 0.4) is 0 Å². The van der Waals surface area contributed by atoms with Gasteiger partial charge in [0.1, 0.15) is 36.2 Å². The molecular weight excluding hydrogens is 359 g/mol. The molecule has 0 aliphatic heterocycles. The molecule has 0 atom stereocenters. The van der Waals surface area contributed by atoms with Gasteiger partial charge in [-0.3, -0.25) is 0 Å². The molecule has 0 fully saturated rings. The fourth-order valence-corrected chi connectivity index (χ4v) is 1.82. The number of halogens is 2. The number of ether oxygens (including phenoxy) is 2. The minimum atomic E-state index is -0.0432. The first-order valence-corrected chi connectivity index (χ1v) is 7.68.